The van der Waals surface area contributed by atoms with Gasteiger partial charge in [-0.3, -0.25) is 4.98 Å². The molecule has 1 N–H and O–H groups in total. The summed E-state index contributed by atoms with van der Waals surface area (Å²) in [4.78, 5) is 5.02. The summed E-state index contributed by atoms with van der Waals surface area (Å²) < 4.78 is 12.7. The van der Waals surface area contributed by atoms with E-state index >= 15 is 0 Å². The molecular formula is C17H17NO2S. The van der Waals surface area contributed by atoms with Crippen LogP contribution < -0.4 is 0 Å². The average molecular weight is 299 g/mol. The van der Waals surface area contributed by atoms with Gasteiger partial charge in [-0.05, 0) is 31.2 Å². The Kier molecular flexibility index (Phi) is 5.20. The second kappa shape index (κ2) is 7.11. The predicted molar refractivity (Wildman–Crippen MR) is 85.1 cm³/mol. The van der Waals surface area contributed by atoms with Crippen LogP contribution >= 0.6 is 0 Å². The fourth-order valence-corrected chi connectivity index (χ4v) is 3.08. The summed E-state index contributed by atoms with van der Waals surface area (Å²) in [5.41, 5.74) is 1.70. The van der Waals surface area contributed by atoms with E-state index in [4.69, 9.17) is 0 Å². The molecule has 0 aliphatic carbocycles. The Morgan fingerprint density at radius 2 is 2.05 bits per heavy atom. The highest BCUT2D eigenvalue weighted by molar-refractivity contribution is 7.89. The topological polar surface area (TPSA) is 50.2 Å². The molecule has 2 atom stereocenters. The van der Waals surface area contributed by atoms with Crippen molar-refractivity contribution in [2.75, 3.05) is 0 Å². The summed E-state index contributed by atoms with van der Waals surface area (Å²) in [5.74, 6) is 0. The predicted octanol–water partition coefficient (Wildman–Crippen LogP) is 3.30. The van der Waals surface area contributed by atoms with E-state index in [9.17, 15) is 9.32 Å². The maximum atomic E-state index is 12.7. The van der Waals surface area contributed by atoms with E-state index in [1.165, 1.54) is 6.08 Å². The van der Waals surface area contributed by atoms with Gasteiger partial charge in [0.15, 0.2) is 0 Å². The van der Waals surface area contributed by atoms with Crippen molar-refractivity contribution in [1.29, 1.82) is 0 Å². The van der Waals surface area contributed by atoms with Crippen LogP contribution in [0.4, 0.5) is 0 Å². The summed E-state index contributed by atoms with van der Waals surface area (Å²) in [6.07, 6.45) is 5.34. The Hall–Kier alpha value is -2.04. The van der Waals surface area contributed by atoms with Gasteiger partial charge in [0.05, 0.1) is 15.7 Å². The summed E-state index contributed by atoms with van der Waals surface area (Å²) >= 11 is 0. The summed E-state index contributed by atoms with van der Waals surface area (Å²) in [6.45, 7) is 5.60. The van der Waals surface area contributed by atoms with Gasteiger partial charge >= 0.3 is 0 Å². The van der Waals surface area contributed by atoms with Gasteiger partial charge in [0.2, 0.25) is 0 Å². The molecule has 0 spiro atoms. The summed E-state index contributed by atoms with van der Waals surface area (Å²) in [6, 6.07) is 10.9. The number of hydrogen-bond donors (Lipinski definition) is 1. The van der Waals surface area contributed by atoms with Crippen LogP contribution in [0.1, 0.15) is 17.2 Å². The van der Waals surface area contributed by atoms with E-state index in [-0.39, 0.29) is 0 Å². The highest BCUT2D eigenvalue weighted by atomic mass is 32.2. The molecule has 1 aromatic carbocycles. The van der Waals surface area contributed by atoms with Gasteiger partial charge in [-0.15, -0.1) is 0 Å². The van der Waals surface area contributed by atoms with Gasteiger partial charge in [0.1, 0.15) is 6.10 Å². The molecule has 108 valence electrons. The molecule has 0 bridgehead atoms. The lowest BCUT2D eigenvalue weighted by atomic mass is 10.1. The van der Waals surface area contributed by atoms with Crippen molar-refractivity contribution in [3.8, 4) is 0 Å². The molecule has 0 amide bonds. The Morgan fingerprint density at radius 1 is 1.33 bits per heavy atom. The second-order valence-electron chi connectivity index (χ2n) is 4.58. The van der Waals surface area contributed by atoms with Crippen molar-refractivity contribution in [3.63, 3.8) is 0 Å². The molecule has 21 heavy (non-hydrogen) atoms. The third-order valence-corrected chi connectivity index (χ3v) is 4.49. The first kappa shape index (κ1) is 15.4. The van der Waals surface area contributed by atoms with Gasteiger partial charge in [-0.1, -0.05) is 36.4 Å². The average Bonchev–Trinajstić information content (AvgIpc) is 2.53. The molecule has 3 nitrogen and oxygen atoms in total. The normalized spacial score (nSPS) is 14.5. The van der Waals surface area contributed by atoms with Crippen LogP contribution in [0.5, 0.6) is 0 Å². The Bertz CT molecular complexity index is 663. The van der Waals surface area contributed by atoms with E-state index in [1.807, 2.05) is 19.1 Å². The highest BCUT2D eigenvalue weighted by Gasteiger charge is 2.20. The minimum absolute atomic E-state index is 0.391. The third kappa shape index (κ3) is 3.74. The van der Waals surface area contributed by atoms with Crippen LogP contribution in [0, 0.1) is 6.92 Å². The smallest absolute Gasteiger partial charge is 0.114 e. The molecule has 0 fully saturated rings. The molecular weight excluding hydrogens is 282 g/mol. The van der Waals surface area contributed by atoms with Crippen molar-refractivity contribution in [2.45, 2.75) is 17.9 Å². The summed E-state index contributed by atoms with van der Waals surface area (Å²) in [7, 11) is -1.45. The molecule has 2 rings (SSSR count). The lowest BCUT2D eigenvalue weighted by Gasteiger charge is -2.14. The molecule has 0 aliphatic heterocycles. The van der Waals surface area contributed by atoms with Crippen molar-refractivity contribution in [1.82, 2.24) is 4.98 Å². The van der Waals surface area contributed by atoms with E-state index in [0.717, 1.165) is 5.56 Å². The van der Waals surface area contributed by atoms with Crippen LogP contribution in [0.2, 0.25) is 0 Å². The number of hydrogen-bond acceptors (Lipinski definition) is 3. The first-order valence-electron chi connectivity index (χ1n) is 6.52. The molecule has 1 heterocycles. The lowest BCUT2D eigenvalue weighted by molar-refractivity contribution is 0.223. The number of allylic oxidation sites excluding steroid dienone is 2. The van der Waals surface area contributed by atoms with Gasteiger partial charge in [0, 0.05) is 22.9 Å². The number of nitrogens with zero attached hydrogens (tertiary/aromatic N) is 1. The van der Waals surface area contributed by atoms with E-state index < -0.39 is 16.9 Å². The number of aryl methyl sites for hydroxylation is 1. The molecule has 4 heteroatoms. The van der Waals surface area contributed by atoms with Gasteiger partial charge in [-0.2, -0.15) is 0 Å². The zero-order valence-electron chi connectivity index (χ0n) is 11.8. The first-order chi connectivity index (χ1) is 10.1. The Morgan fingerprint density at radius 3 is 2.62 bits per heavy atom. The van der Waals surface area contributed by atoms with Crippen molar-refractivity contribution in [2.24, 2.45) is 0 Å². The molecule has 0 saturated carbocycles. The van der Waals surface area contributed by atoms with E-state index in [2.05, 4.69) is 11.6 Å². The number of rotatable bonds is 5. The van der Waals surface area contributed by atoms with Crippen LogP contribution in [-0.4, -0.2) is 14.3 Å². The van der Waals surface area contributed by atoms with Gasteiger partial charge in [0.25, 0.3) is 0 Å². The molecule has 0 radical (unpaired) electrons. The van der Waals surface area contributed by atoms with Crippen LogP contribution in [-0.2, 0) is 10.8 Å². The number of pyridine rings is 1. The zero-order chi connectivity index (χ0) is 15.2. The standard InChI is InChI=1S/C17H17NO2S/c1-3-5-16(17(19)14-6-4-11-18-12-14)21(20)15-9-7-13(2)8-10-15/h3-12,17,19H,1H2,2H3/b16-5+/t17-,21?/m0/s1. The number of aromatic nitrogens is 1. The minimum Gasteiger partial charge on any atom is -0.383 e. The fraction of sp³-hybridized carbons (Fsp3) is 0.118. The quantitative estimate of drug-likeness (QED) is 0.862. The van der Waals surface area contributed by atoms with Crippen LogP contribution in [0.3, 0.4) is 0 Å². The SMILES string of the molecule is C=C/C=C(\[C@@H](O)c1cccnc1)S(=O)c1ccc(C)cc1. The minimum atomic E-state index is -1.45. The van der Waals surface area contributed by atoms with E-state index in [1.54, 1.807) is 42.7 Å². The Balaban J connectivity index is 2.35. The highest BCUT2D eigenvalue weighted by Crippen LogP contribution is 2.27. The number of aliphatic hydroxyl groups excluding tert-OH is 1. The molecule has 1 aromatic heterocycles. The van der Waals surface area contributed by atoms with Gasteiger partial charge < -0.3 is 5.11 Å². The van der Waals surface area contributed by atoms with Crippen molar-refractivity contribution >= 4 is 10.8 Å². The number of benzene rings is 1. The summed E-state index contributed by atoms with van der Waals surface area (Å²) in [5, 5.41) is 10.4. The fourth-order valence-electron chi connectivity index (χ4n) is 1.87. The van der Waals surface area contributed by atoms with Crippen molar-refractivity contribution in [3.05, 3.63) is 83.6 Å². The van der Waals surface area contributed by atoms with Crippen molar-refractivity contribution < 1.29 is 9.32 Å². The maximum absolute atomic E-state index is 12.7. The molecule has 1 unspecified atom stereocenters. The van der Waals surface area contributed by atoms with Gasteiger partial charge in [-0.25, -0.2) is 4.21 Å². The first-order valence-corrected chi connectivity index (χ1v) is 7.67. The maximum Gasteiger partial charge on any atom is 0.114 e. The van der Waals surface area contributed by atoms with Crippen LogP contribution in [0.25, 0.3) is 0 Å². The lowest BCUT2D eigenvalue weighted by Crippen LogP contribution is -2.08. The van der Waals surface area contributed by atoms with Crippen LogP contribution in [0.15, 0.2) is 77.3 Å². The number of aliphatic hydroxyl groups is 1. The monoisotopic (exact) mass is 299 g/mol. The van der Waals surface area contributed by atoms with E-state index in [0.29, 0.717) is 15.4 Å². The molecule has 2 aromatic rings. The Labute approximate surface area is 127 Å². The molecule has 0 aliphatic rings. The molecule has 0 saturated heterocycles. The zero-order valence-corrected chi connectivity index (χ0v) is 12.6. The third-order valence-electron chi connectivity index (χ3n) is 3.00. The largest absolute Gasteiger partial charge is 0.383 e. The second-order valence-corrected chi connectivity index (χ2v) is 6.06.